The van der Waals surface area contributed by atoms with Crippen LogP contribution in [0.2, 0.25) is 0 Å². The summed E-state index contributed by atoms with van der Waals surface area (Å²) in [7, 11) is 3.14. The maximum absolute atomic E-state index is 11.1. The summed E-state index contributed by atoms with van der Waals surface area (Å²) in [5.41, 5.74) is 0. The van der Waals surface area contributed by atoms with E-state index in [4.69, 9.17) is 4.74 Å². The molecule has 100 valence electrons. The molecule has 0 amide bonds. The lowest BCUT2D eigenvalue weighted by molar-refractivity contribution is -0.140. The summed E-state index contributed by atoms with van der Waals surface area (Å²) < 4.78 is 9.94. The molecule has 1 aromatic rings. The van der Waals surface area contributed by atoms with Crippen molar-refractivity contribution in [3.63, 3.8) is 0 Å². The smallest absolute Gasteiger partial charge is 0.305 e. The van der Waals surface area contributed by atoms with E-state index in [0.29, 0.717) is 12.8 Å². The van der Waals surface area contributed by atoms with E-state index in [1.54, 1.807) is 18.4 Å². The van der Waals surface area contributed by atoms with Crippen LogP contribution in [0.15, 0.2) is 6.20 Å². The zero-order valence-electron chi connectivity index (χ0n) is 10.6. The van der Waals surface area contributed by atoms with E-state index < -0.39 is 0 Å². The van der Waals surface area contributed by atoms with Crippen molar-refractivity contribution in [1.82, 2.24) is 10.3 Å². The van der Waals surface area contributed by atoms with Gasteiger partial charge in [0.15, 0.2) is 0 Å². The number of hydrogen-bond acceptors (Lipinski definition) is 6. The maximum atomic E-state index is 11.1. The number of nitrogens with one attached hydrogen (secondary N) is 1. The summed E-state index contributed by atoms with van der Waals surface area (Å²) in [6.07, 6.45) is 4.20. The van der Waals surface area contributed by atoms with Crippen LogP contribution in [0.3, 0.4) is 0 Å². The fraction of sp³-hybridized carbons (Fsp3) is 0.667. The SMILES string of the molecule is COC(=O)CCc1cnc([C@@H]2C[C@@H](OC)CN2)s1. The fourth-order valence-electron chi connectivity index (χ4n) is 2.00. The van der Waals surface area contributed by atoms with Gasteiger partial charge in [0.1, 0.15) is 5.01 Å². The molecular formula is C12H18N2O3S. The van der Waals surface area contributed by atoms with Gasteiger partial charge in [-0.2, -0.15) is 0 Å². The first kappa shape index (κ1) is 13.5. The van der Waals surface area contributed by atoms with Crippen LogP contribution in [-0.4, -0.2) is 37.8 Å². The summed E-state index contributed by atoms with van der Waals surface area (Å²) in [6, 6.07) is 0.284. The van der Waals surface area contributed by atoms with Crippen LogP contribution in [0.5, 0.6) is 0 Å². The molecule has 1 N–H and O–H groups in total. The number of hydrogen-bond donors (Lipinski definition) is 1. The Morgan fingerprint density at radius 2 is 2.44 bits per heavy atom. The zero-order chi connectivity index (χ0) is 13.0. The molecule has 5 nitrogen and oxygen atoms in total. The van der Waals surface area contributed by atoms with Crippen molar-refractivity contribution in [3.8, 4) is 0 Å². The van der Waals surface area contributed by atoms with Gasteiger partial charge in [0.2, 0.25) is 0 Å². The van der Waals surface area contributed by atoms with Crippen LogP contribution in [0.4, 0.5) is 0 Å². The average Bonchev–Trinajstić information content (AvgIpc) is 3.03. The lowest BCUT2D eigenvalue weighted by Gasteiger charge is -2.05. The van der Waals surface area contributed by atoms with E-state index in [0.717, 1.165) is 22.9 Å². The molecule has 1 fully saturated rings. The number of nitrogens with zero attached hydrogens (tertiary/aromatic N) is 1. The Labute approximate surface area is 111 Å². The Morgan fingerprint density at radius 3 is 3.11 bits per heavy atom. The molecule has 0 spiro atoms. The molecule has 0 aromatic carbocycles. The van der Waals surface area contributed by atoms with Gasteiger partial charge in [0.25, 0.3) is 0 Å². The average molecular weight is 270 g/mol. The van der Waals surface area contributed by atoms with Gasteiger partial charge in [-0.1, -0.05) is 0 Å². The van der Waals surface area contributed by atoms with Crippen LogP contribution < -0.4 is 5.32 Å². The van der Waals surface area contributed by atoms with Crippen molar-refractivity contribution in [3.05, 3.63) is 16.1 Å². The molecule has 0 unspecified atom stereocenters. The number of aryl methyl sites for hydroxylation is 1. The first-order valence-electron chi connectivity index (χ1n) is 6.00. The first-order valence-corrected chi connectivity index (χ1v) is 6.82. The third-order valence-electron chi connectivity index (χ3n) is 3.10. The number of ether oxygens (including phenoxy) is 2. The minimum absolute atomic E-state index is 0.177. The third kappa shape index (κ3) is 3.28. The van der Waals surface area contributed by atoms with Crippen LogP contribution in [0.1, 0.15) is 28.8 Å². The topological polar surface area (TPSA) is 60.5 Å². The van der Waals surface area contributed by atoms with Gasteiger partial charge in [-0.25, -0.2) is 4.98 Å². The zero-order valence-corrected chi connectivity index (χ0v) is 11.5. The van der Waals surface area contributed by atoms with Crippen molar-refractivity contribution in [2.45, 2.75) is 31.4 Å². The van der Waals surface area contributed by atoms with Crippen molar-refractivity contribution in [1.29, 1.82) is 0 Å². The second-order valence-electron chi connectivity index (χ2n) is 4.30. The highest BCUT2D eigenvalue weighted by Gasteiger charge is 2.27. The molecule has 2 rings (SSSR count). The predicted octanol–water partition coefficient (Wildman–Crippen LogP) is 1.30. The Balaban J connectivity index is 1.88. The monoisotopic (exact) mass is 270 g/mol. The Morgan fingerprint density at radius 1 is 1.61 bits per heavy atom. The molecule has 0 aliphatic carbocycles. The fourth-order valence-corrected chi connectivity index (χ4v) is 3.00. The van der Waals surface area contributed by atoms with E-state index in [9.17, 15) is 4.79 Å². The summed E-state index contributed by atoms with van der Waals surface area (Å²) in [5, 5.41) is 4.47. The molecule has 1 aliphatic rings. The van der Waals surface area contributed by atoms with E-state index in [1.165, 1.54) is 7.11 Å². The molecule has 1 saturated heterocycles. The highest BCUT2D eigenvalue weighted by Crippen LogP contribution is 2.28. The van der Waals surface area contributed by atoms with Gasteiger partial charge in [0, 0.05) is 24.7 Å². The molecule has 1 aliphatic heterocycles. The predicted molar refractivity (Wildman–Crippen MR) is 68.6 cm³/mol. The van der Waals surface area contributed by atoms with Gasteiger partial charge in [-0.15, -0.1) is 11.3 Å². The number of carbonyl (C=O) groups excluding carboxylic acids is 1. The number of esters is 1. The van der Waals surface area contributed by atoms with Gasteiger partial charge in [0.05, 0.1) is 25.7 Å². The Hall–Kier alpha value is -0.980. The molecule has 0 bridgehead atoms. The normalized spacial score (nSPS) is 23.2. The minimum atomic E-state index is -0.177. The van der Waals surface area contributed by atoms with Crippen molar-refractivity contribution in [2.75, 3.05) is 20.8 Å². The molecule has 6 heteroatoms. The third-order valence-corrected chi connectivity index (χ3v) is 4.27. The maximum Gasteiger partial charge on any atom is 0.305 e. The largest absolute Gasteiger partial charge is 0.469 e. The van der Waals surface area contributed by atoms with E-state index in [-0.39, 0.29) is 18.1 Å². The number of aromatic nitrogens is 1. The quantitative estimate of drug-likeness (QED) is 0.817. The van der Waals surface area contributed by atoms with Crippen molar-refractivity contribution in [2.24, 2.45) is 0 Å². The van der Waals surface area contributed by atoms with Gasteiger partial charge in [-0.3, -0.25) is 4.79 Å². The summed E-state index contributed by atoms with van der Waals surface area (Å²) in [5.74, 6) is -0.177. The summed E-state index contributed by atoms with van der Waals surface area (Å²) >= 11 is 1.66. The highest BCUT2D eigenvalue weighted by molar-refractivity contribution is 7.11. The molecular weight excluding hydrogens is 252 g/mol. The summed E-state index contributed by atoms with van der Waals surface area (Å²) in [6.45, 7) is 0.873. The van der Waals surface area contributed by atoms with Gasteiger partial charge < -0.3 is 14.8 Å². The lowest BCUT2D eigenvalue weighted by Crippen LogP contribution is -2.15. The van der Waals surface area contributed by atoms with E-state index in [1.807, 2.05) is 6.20 Å². The van der Waals surface area contributed by atoms with Gasteiger partial charge in [-0.05, 0) is 12.8 Å². The Bertz CT molecular complexity index is 408. The first-order chi connectivity index (χ1) is 8.72. The van der Waals surface area contributed by atoms with Crippen molar-refractivity contribution < 1.29 is 14.3 Å². The molecule has 0 saturated carbocycles. The number of rotatable bonds is 5. The lowest BCUT2D eigenvalue weighted by atomic mass is 10.2. The van der Waals surface area contributed by atoms with E-state index >= 15 is 0 Å². The van der Waals surface area contributed by atoms with Gasteiger partial charge >= 0.3 is 5.97 Å². The van der Waals surface area contributed by atoms with Crippen molar-refractivity contribution >= 4 is 17.3 Å². The minimum Gasteiger partial charge on any atom is -0.469 e. The standard InChI is InChI=1S/C12H18N2O3S/c1-16-8-5-10(13-6-8)12-14-7-9(18-12)3-4-11(15)17-2/h7-8,10,13H,3-6H2,1-2H3/t8-,10+/m1/s1. The Kier molecular flexibility index (Phi) is 4.68. The molecule has 2 heterocycles. The molecule has 1 aromatic heterocycles. The number of thiazole rings is 1. The molecule has 2 atom stereocenters. The number of carbonyl (C=O) groups is 1. The van der Waals surface area contributed by atoms with Crippen LogP contribution in [0.25, 0.3) is 0 Å². The summed E-state index contributed by atoms with van der Waals surface area (Å²) in [4.78, 5) is 16.6. The highest BCUT2D eigenvalue weighted by atomic mass is 32.1. The molecule has 0 radical (unpaired) electrons. The number of methoxy groups -OCH3 is 2. The van der Waals surface area contributed by atoms with E-state index in [2.05, 4.69) is 15.0 Å². The second-order valence-corrected chi connectivity index (χ2v) is 5.44. The van der Waals surface area contributed by atoms with Crippen LogP contribution in [0, 0.1) is 0 Å². The second kappa shape index (κ2) is 6.26. The van der Waals surface area contributed by atoms with Crippen LogP contribution in [-0.2, 0) is 20.7 Å². The van der Waals surface area contributed by atoms with Crippen LogP contribution >= 0.6 is 11.3 Å². The molecule has 18 heavy (non-hydrogen) atoms.